The van der Waals surface area contributed by atoms with Gasteiger partial charge < -0.3 is 9.84 Å². The number of halogens is 1. The first-order chi connectivity index (χ1) is 6.65. The van der Waals surface area contributed by atoms with Crippen LogP contribution in [0.2, 0.25) is 0 Å². The van der Waals surface area contributed by atoms with Crippen LogP contribution in [-0.2, 0) is 11.2 Å². The molecule has 0 radical (unpaired) electrons. The maximum absolute atomic E-state index is 10.5. The average Bonchev–Trinajstić information content (AvgIpc) is 2.44. The van der Waals surface area contributed by atoms with Gasteiger partial charge in [0.05, 0.1) is 6.42 Å². The second kappa shape index (κ2) is 3.61. The molecular weight excluding hydrogens is 248 g/mol. The highest BCUT2D eigenvalue weighted by atomic mass is 79.9. The summed E-state index contributed by atoms with van der Waals surface area (Å²) in [5, 5.41) is 8.62. The molecule has 0 saturated heterocycles. The molecule has 0 aliphatic carbocycles. The van der Waals surface area contributed by atoms with Crippen molar-refractivity contribution in [1.29, 1.82) is 0 Å². The van der Waals surface area contributed by atoms with Gasteiger partial charge in [-0.25, -0.2) is 0 Å². The molecule has 1 atom stereocenters. The van der Waals surface area contributed by atoms with Crippen LogP contribution in [-0.4, -0.2) is 17.2 Å². The molecule has 0 aromatic heterocycles. The molecule has 1 heterocycles. The smallest absolute Gasteiger partial charge is 0.307 e. The van der Waals surface area contributed by atoms with E-state index in [1.54, 1.807) is 0 Å². The third-order valence-electron chi connectivity index (χ3n) is 2.17. The van der Waals surface area contributed by atoms with Crippen LogP contribution in [0, 0.1) is 0 Å². The fourth-order valence-corrected chi connectivity index (χ4v) is 1.92. The quantitative estimate of drug-likeness (QED) is 0.883. The molecule has 0 amide bonds. The molecule has 0 spiro atoms. The zero-order valence-corrected chi connectivity index (χ0v) is 8.95. The third kappa shape index (κ3) is 1.90. The SMILES string of the molecule is O=C(O)CC1Cc2ccc(Br)cc2O1. The normalized spacial score (nSPS) is 18.8. The van der Waals surface area contributed by atoms with Crippen molar-refractivity contribution in [2.45, 2.75) is 18.9 Å². The summed E-state index contributed by atoms with van der Waals surface area (Å²) < 4.78 is 6.44. The molecule has 3 nitrogen and oxygen atoms in total. The van der Waals surface area contributed by atoms with E-state index in [1.807, 2.05) is 18.2 Å². The van der Waals surface area contributed by atoms with Gasteiger partial charge in [-0.05, 0) is 17.7 Å². The summed E-state index contributed by atoms with van der Waals surface area (Å²) >= 11 is 3.34. The van der Waals surface area contributed by atoms with Crippen molar-refractivity contribution in [2.24, 2.45) is 0 Å². The van der Waals surface area contributed by atoms with E-state index < -0.39 is 5.97 Å². The molecule has 1 aromatic rings. The van der Waals surface area contributed by atoms with Crippen molar-refractivity contribution in [1.82, 2.24) is 0 Å². The van der Waals surface area contributed by atoms with Crippen LogP contribution < -0.4 is 4.74 Å². The van der Waals surface area contributed by atoms with Crippen LogP contribution in [0.15, 0.2) is 22.7 Å². The molecule has 0 saturated carbocycles. The van der Waals surface area contributed by atoms with Gasteiger partial charge in [0.25, 0.3) is 0 Å². The number of fused-ring (bicyclic) bond motifs is 1. The zero-order chi connectivity index (χ0) is 10.1. The Morgan fingerprint density at radius 2 is 2.43 bits per heavy atom. The van der Waals surface area contributed by atoms with E-state index in [0.717, 1.165) is 15.8 Å². The Hall–Kier alpha value is -1.03. The van der Waals surface area contributed by atoms with E-state index in [2.05, 4.69) is 15.9 Å². The van der Waals surface area contributed by atoms with Crippen LogP contribution in [0.1, 0.15) is 12.0 Å². The summed E-state index contributed by atoms with van der Waals surface area (Å²) in [7, 11) is 0. The van der Waals surface area contributed by atoms with E-state index in [9.17, 15) is 4.79 Å². The molecular formula is C10H9BrO3. The fourth-order valence-electron chi connectivity index (χ4n) is 1.58. The Balaban J connectivity index is 2.14. The van der Waals surface area contributed by atoms with Crippen LogP contribution in [0.5, 0.6) is 5.75 Å². The maximum atomic E-state index is 10.5. The molecule has 14 heavy (non-hydrogen) atoms. The second-order valence-electron chi connectivity index (χ2n) is 3.29. The Kier molecular flexibility index (Phi) is 2.46. The molecule has 1 aromatic carbocycles. The highest BCUT2D eigenvalue weighted by Crippen LogP contribution is 2.32. The summed E-state index contributed by atoms with van der Waals surface area (Å²) in [6.07, 6.45) is 0.540. The van der Waals surface area contributed by atoms with E-state index in [4.69, 9.17) is 9.84 Å². The lowest BCUT2D eigenvalue weighted by molar-refractivity contribution is -0.138. The summed E-state index contributed by atoms with van der Waals surface area (Å²) in [6, 6.07) is 5.77. The Morgan fingerprint density at radius 1 is 1.64 bits per heavy atom. The minimum Gasteiger partial charge on any atom is -0.489 e. The first kappa shape index (κ1) is 9.52. The maximum Gasteiger partial charge on any atom is 0.307 e. The monoisotopic (exact) mass is 256 g/mol. The van der Waals surface area contributed by atoms with Crippen molar-refractivity contribution >= 4 is 21.9 Å². The van der Waals surface area contributed by atoms with Gasteiger partial charge in [-0.1, -0.05) is 22.0 Å². The average molecular weight is 257 g/mol. The van der Waals surface area contributed by atoms with Crippen LogP contribution in [0.25, 0.3) is 0 Å². The Bertz CT molecular complexity index is 376. The van der Waals surface area contributed by atoms with Crippen LogP contribution in [0.4, 0.5) is 0 Å². The molecule has 0 fully saturated rings. The van der Waals surface area contributed by atoms with Gasteiger partial charge in [-0.3, -0.25) is 4.79 Å². The number of rotatable bonds is 2. The van der Waals surface area contributed by atoms with Crippen molar-refractivity contribution in [3.8, 4) is 5.75 Å². The van der Waals surface area contributed by atoms with Crippen LogP contribution in [0.3, 0.4) is 0 Å². The molecule has 4 heteroatoms. The minimum atomic E-state index is -0.818. The lowest BCUT2D eigenvalue weighted by Crippen LogP contribution is -2.17. The van der Waals surface area contributed by atoms with E-state index in [0.29, 0.717) is 6.42 Å². The lowest BCUT2D eigenvalue weighted by atomic mass is 10.1. The summed E-state index contributed by atoms with van der Waals surface area (Å²) in [5.41, 5.74) is 1.08. The van der Waals surface area contributed by atoms with E-state index in [1.165, 1.54) is 0 Å². The molecule has 1 unspecified atom stereocenters. The predicted molar refractivity (Wildman–Crippen MR) is 54.5 cm³/mol. The highest BCUT2D eigenvalue weighted by molar-refractivity contribution is 9.10. The van der Waals surface area contributed by atoms with Crippen molar-refractivity contribution in [2.75, 3.05) is 0 Å². The van der Waals surface area contributed by atoms with Gasteiger partial charge in [0.2, 0.25) is 0 Å². The Morgan fingerprint density at radius 3 is 3.14 bits per heavy atom. The lowest BCUT2D eigenvalue weighted by Gasteiger charge is -2.06. The predicted octanol–water partition coefficient (Wildman–Crippen LogP) is 2.23. The molecule has 2 rings (SSSR count). The molecule has 1 N–H and O–H groups in total. The summed E-state index contributed by atoms with van der Waals surface area (Å²) in [6.45, 7) is 0. The fraction of sp³-hybridized carbons (Fsp3) is 0.300. The number of carbonyl (C=O) groups is 1. The number of carboxylic acids is 1. The first-order valence-corrected chi connectivity index (χ1v) is 5.11. The number of hydrogen-bond donors (Lipinski definition) is 1. The van der Waals surface area contributed by atoms with Gasteiger partial charge >= 0.3 is 5.97 Å². The van der Waals surface area contributed by atoms with Crippen molar-refractivity contribution < 1.29 is 14.6 Å². The zero-order valence-electron chi connectivity index (χ0n) is 7.37. The largest absolute Gasteiger partial charge is 0.489 e. The van der Waals surface area contributed by atoms with Gasteiger partial charge in [0, 0.05) is 10.9 Å². The number of hydrogen-bond acceptors (Lipinski definition) is 2. The standard InChI is InChI=1S/C10H9BrO3/c11-7-2-1-6-3-8(5-10(12)13)14-9(6)4-7/h1-2,4,8H,3,5H2,(H,12,13). The number of ether oxygens (including phenoxy) is 1. The van der Waals surface area contributed by atoms with E-state index >= 15 is 0 Å². The molecule has 74 valence electrons. The van der Waals surface area contributed by atoms with Crippen molar-refractivity contribution in [3.05, 3.63) is 28.2 Å². The van der Waals surface area contributed by atoms with Crippen LogP contribution >= 0.6 is 15.9 Å². The first-order valence-electron chi connectivity index (χ1n) is 4.32. The number of benzene rings is 1. The summed E-state index contributed by atoms with van der Waals surface area (Å²) in [5.74, 6) is -0.0208. The topological polar surface area (TPSA) is 46.5 Å². The van der Waals surface area contributed by atoms with Gasteiger partial charge in [-0.15, -0.1) is 0 Å². The second-order valence-corrected chi connectivity index (χ2v) is 4.21. The van der Waals surface area contributed by atoms with Gasteiger partial charge in [0.1, 0.15) is 11.9 Å². The summed E-state index contributed by atoms with van der Waals surface area (Å²) in [4.78, 5) is 10.5. The number of aliphatic carboxylic acids is 1. The highest BCUT2D eigenvalue weighted by Gasteiger charge is 2.24. The molecule has 1 aliphatic heterocycles. The minimum absolute atomic E-state index is 0.0618. The molecule has 0 bridgehead atoms. The molecule has 1 aliphatic rings. The van der Waals surface area contributed by atoms with E-state index in [-0.39, 0.29) is 12.5 Å². The van der Waals surface area contributed by atoms with Crippen molar-refractivity contribution in [3.63, 3.8) is 0 Å². The third-order valence-corrected chi connectivity index (χ3v) is 2.67. The van der Waals surface area contributed by atoms with Gasteiger partial charge in [-0.2, -0.15) is 0 Å². The Labute approximate surface area is 89.8 Å². The number of carboxylic acid groups (broad SMARTS) is 1. The van der Waals surface area contributed by atoms with Gasteiger partial charge in [0.15, 0.2) is 0 Å².